The topological polar surface area (TPSA) is 74.1 Å². The van der Waals surface area contributed by atoms with Crippen LogP contribution in [0.4, 0.5) is 13.2 Å². The summed E-state index contributed by atoms with van der Waals surface area (Å²) in [6.45, 7) is 1.63. The molecule has 0 aliphatic heterocycles. The molecule has 0 atom stereocenters. The average Bonchev–Trinajstić information content (AvgIpc) is 3.36. The number of pyridine rings is 1. The van der Waals surface area contributed by atoms with E-state index in [4.69, 9.17) is 0 Å². The van der Waals surface area contributed by atoms with E-state index >= 15 is 0 Å². The zero-order valence-electron chi connectivity index (χ0n) is 23.7. The summed E-state index contributed by atoms with van der Waals surface area (Å²) in [5.74, 6) is -0.674. The molecule has 6 aromatic rings. The highest BCUT2D eigenvalue weighted by Gasteiger charge is 2.43. The van der Waals surface area contributed by atoms with Crippen molar-refractivity contribution in [1.29, 1.82) is 0 Å². The fourth-order valence-corrected chi connectivity index (χ4v) is 6.77. The standard InChI is InChI=1S/C34H26F3N3O3S/c1-23-22-24(18-19-29(23)44(2,41)42)31-30-28(20-21-38-31)40(39-32(30)43-34(35,36)37)33(25-12-6-3-7-13-25,26-14-8-4-9-15-26)27-16-10-5-11-17-27/h3-22H,1-2H3. The molecule has 0 spiro atoms. The highest BCUT2D eigenvalue weighted by Crippen LogP contribution is 2.46. The van der Waals surface area contributed by atoms with Gasteiger partial charge in [0.15, 0.2) is 9.84 Å². The van der Waals surface area contributed by atoms with Gasteiger partial charge in [0.2, 0.25) is 0 Å². The Morgan fingerprint density at radius 1 is 0.750 bits per heavy atom. The second-order valence-electron chi connectivity index (χ2n) is 10.4. The van der Waals surface area contributed by atoms with E-state index in [1.165, 1.54) is 18.3 Å². The molecule has 222 valence electrons. The Labute approximate surface area is 252 Å². The summed E-state index contributed by atoms with van der Waals surface area (Å²) in [5.41, 5.74) is 2.38. The van der Waals surface area contributed by atoms with Crippen molar-refractivity contribution in [3.8, 4) is 17.1 Å². The van der Waals surface area contributed by atoms with Crippen molar-refractivity contribution in [2.45, 2.75) is 23.7 Å². The van der Waals surface area contributed by atoms with Gasteiger partial charge >= 0.3 is 6.36 Å². The maximum atomic E-state index is 14.0. The third-order valence-electron chi connectivity index (χ3n) is 7.51. The fourth-order valence-electron chi connectivity index (χ4n) is 5.81. The number of nitrogens with zero attached hydrogens (tertiary/aromatic N) is 3. The summed E-state index contributed by atoms with van der Waals surface area (Å²) < 4.78 is 72.6. The molecule has 4 aromatic carbocycles. The first-order valence-corrected chi connectivity index (χ1v) is 15.5. The van der Waals surface area contributed by atoms with Crippen LogP contribution in [0.15, 0.2) is 126 Å². The zero-order valence-corrected chi connectivity index (χ0v) is 24.5. The molecular weight excluding hydrogens is 587 g/mol. The van der Waals surface area contributed by atoms with Crippen LogP contribution in [0.2, 0.25) is 0 Å². The van der Waals surface area contributed by atoms with E-state index in [1.54, 1.807) is 23.7 Å². The lowest BCUT2D eigenvalue weighted by Gasteiger charge is -2.36. The molecule has 0 bridgehead atoms. The molecule has 0 fully saturated rings. The third-order valence-corrected chi connectivity index (χ3v) is 8.77. The second-order valence-corrected chi connectivity index (χ2v) is 12.4. The number of ether oxygens (including phenoxy) is 1. The number of alkyl halides is 3. The summed E-state index contributed by atoms with van der Waals surface area (Å²) in [6.07, 6.45) is -2.45. The highest BCUT2D eigenvalue weighted by molar-refractivity contribution is 7.90. The smallest absolute Gasteiger partial charge is 0.385 e. The molecule has 0 unspecified atom stereocenters. The van der Waals surface area contributed by atoms with Gasteiger partial charge in [-0.3, -0.25) is 4.98 Å². The molecule has 6 rings (SSSR count). The quantitative estimate of drug-likeness (QED) is 0.174. The molecule has 0 saturated heterocycles. The van der Waals surface area contributed by atoms with Crippen molar-refractivity contribution < 1.29 is 26.3 Å². The number of halogens is 3. The van der Waals surface area contributed by atoms with E-state index in [1.807, 2.05) is 91.0 Å². The molecule has 0 aliphatic carbocycles. The van der Waals surface area contributed by atoms with Crippen LogP contribution < -0.4 is 4.74 Å². The summed E-state index contributed by atoms with van der Waals surface area (Å²) in [5, 5.41) is 4.61. The number of aryl methyl sites for hydroxylation is 1. The largest absolute Gasteiger partial charge is 0.574 e. The van der Waals surface area contributed by atoms with E-state index in [9.17, 15) is 21.6 Å². The minimum absolute atomic E-state index is 0.0310. The van der Waals surface area contributed by atoms with Gasteiger partial charge in [0.25, 0.3) is 5.88 Å². The maximum absolute atomic E-state index is 14.0. The lowest BCUT2D eigenvalue weighted by atomic mass is 9.77. The van der Waals surface area contributed by atoms with Crippen molar-refractivity contribution in [2.24, 2.45) is 0 Å². The molecule has 0 radical (unpaired) electrons. The molecular formula is C34H26F3N3O3S. The molecule has 0 saturated carbocycles. The van der Waals surface area contributed by atoms with Crippen molar-refractivity contribution in [3.05, 3.63) is 144 Å². The third kappa shape index (κ3) is 5.11. The van der Waals surface area contributed by atoms with E-state index in [0.29, 0.717) is 16.6 Å². The SMILES string of the molecule is Cc1cc(-c2nccc3c2c(OC(F)(F)F)nn3C(c2ccccc2)(c2ccccc2)c2ccccc2)ccc1S(C)(=O)=O. The van der Waals surface area contributed by atoms with Crippen LogP contribution in [-0.4, -0.2) is 35.8 Å². The summed E-state index contributed by atoms with van der Waals surface area (Å²) in [4.78, 5) is 4.58. The lowest BCUT2D eigenvalue weighted by Crippen LogP contribution is -2.38. The van der Waals surface area contributed by atoms with Crippen LogP contribution in [0, 0.1) is 6.92 Å². The van der Waals surface area contributed by atoms with Gasteiger partial charge in [-0.2, -0.15) is 0 Å². The first-order valence-electron chi connectivity index (χ1n) is 13.6. The van der Waals surface area contributed by atoms with E-state index in [-0.39, 0.29) is 16.0 Å². The van der Waals surface area contributed by atoms with Crippen LogP contribution in [-0.2, 0) is 15.4 Å². The number of hydrogen-bond donors (Lipinski definition) is 0. The van der Waals surface area contributed by atoms with Crippen LogP contribution in [0.25, 0.3) is 22.2 Å². The number of fused-ring (bicyclic) bond motifs is 1. The number of rotatable bonds is 7. The van der Waals surface area contributed by atoms with Crippen LogP contribution in [0.1, 0.15) is 22.3 Å². The molecule has 2 aromatic heterocycles. The van der Waals surface area contributed by atoms with Crippen LogP contribution in [0.3, 0.4) is 0 Å². The highest BCUT2D eigenvalue weighted by atomic mass is 32.2. The first kappa shape index (κ1) is 29.1. The van der Waals surface area contributed by atoms with Gasteiger partial charge in [-0.25, -0.2) is 13.1 Å². The zero-order chi connectivity index (χ0) is 31.1. The summed E-state index contributed by atoms with van der Waals surface area (Å²) >= 11 is 0. The normalized spacial score (nSPS) is 12.4. The second kappa shape index (κ2) is 10.9. The number of hydrogen-bond acceptors (Lipinski definition) is 5. The molecule has 0 N–H and O–H groups in total. The van der Waals surface area contributed by atoms with E-state index in [0.717, 1.165) is 22.9 Å². The fraction of sp³-hybridized carbons (Fsp3) is 0.118. The Morgan fingerprint density at radius 2 is 1.27 bits per heavy atom. The first-order chi connectivity index (χ1) is 21.0. The Morgan fingerprint density at radius 3 is 1.73 bits per heavy atom. The van der Waals surface area contributed by atoms with Crippen LogP contribution in [0.5, 0.6) is 5.88 Å². The van der Waals surface area contributed by atoms with Gasteiger partial charge in [0, 0.05) is 18.0 Å². The number of aromatic nitrogens is 3. The number of sulfone groups is 1. The van der Waals surface area contributed by atoms with Gasteiger partial charge in [-0.1, -0.05) is 97.1 Å². The minimum atomic E-state index is -5.05. The van der Waals surface area contributed by atoms with Crippen molar-refractivity contribution in [3.63, 3.8) is 0 Å². The molecule has 6 nitrogen and oxygen atoms in total. The van der Waals surface area contributed by atoms with Crippen LogP contribution >= 0.6 is 0 Å². The number of benzene rings is 4. The molecule has 44 heavy (non-hydrogen) atoms. The van der Waals surface area contributed by atoms with E-state index in [2.05, 4.69) is 14.8 Å². The van der Waals surface area contributed by atoms with Crippen molar-refractivity contribution in [2.75, 3.05) is 6.26 Å². The Kier molecular flexibility index (Phi) is 7.25. The van der Waals surface area contributed by atoms with Crippen molar-refractivity contribution in [1.82, 2.24) is 14.8 Å². The van der Waals surface area contributed by atoms with Gasteiger partial charge in [-0.15, -0.1) is 18.3 Å². The Balaban J connectivity index is 1.76. The molecule has 0 aliphatic rings. The van der Waals surface area contributed by atoms with Crippen molar-refractivity contribution >= 4 is 20.7 Å². The Bertz CT molecular complexity index is 1970. The Hall–Kier alpha value is -4.96. The van der Waals surface area contributed by atoms with Gasteiger partial charge in [0.05, 0.1) is 21.5 Å². The maximum Gasteiger partial charge on any atom is 0.574 e. The minimum Gasteiger partial charge on any atom is -0.385 e. The summed E-state index contributed by atoms with van der Waals surface area (Å²) in [6, 6.07) is 34.4. The molecule has 2 heterocycles. The predicted molar refractivity (Wildman–Crippen MR) is 162 cm³/mol. The predicted octanol–water partition coefficient (Wildman–Crippen LogP) is 7.55. The molecule has 10 heteroatoms. The van der Waals surface area contributed by atoms with Gasteiger partial charge in [-0.05, 0) is 47.4 Å². The van der Waals surface area contributed by atoms with Gasteiger partial charge in [0.1, 0.15) is 5.54 Å². The molecule has 0 amide bonds. The van der Waals surface area contributed by atoms with Gasteiger partial charge < -0.3 is 4.74 Å². The van der Waals surface area contributed by atoms with E-state index < -0.39 is 27.6 Å². The monoisotopic (exact) mass is 613 g/mol. The summed E-state index contributed by atoms with van der Waals surface area (Å²) in [7, 11) is -3.52. The lowest BCUT2D eigenvalue weighted by molar-refractivity contribution is -0.275. The average molecular weight is 614 g/mol.